The molecule has 2 heteroatoms. The lowest BCUT2D eigenvalue weighted by molar-refractivity contribution is 0.0593. The molecule has 0 bridgehead atoms. The normalized spacial score (nSPS) is 28.4. The van der Waals surface area contributed by atoms with E-state index in [1.165, 1.54) is 25.7 Å². The van der Waals surface area contributed by atoms with Gasteiger partial charge in [0, 0.05) is 18.1 Å². The Bertz CT molecular complexity index is 217. The minimum absolute atomic E-state index is 0.364. The van der Waals surface area contributed by atoms with Crippen molar-refractivity contribution in [3.05, 3.63) is 0 Å². The van der Waals surface area contributed by atoms with E-state index in [9.17, 15) is 0 Å². The van der Waals surface area contributed by atoms with E-state index in [2.05, 4.69) is 51.9 Å². The van der Waals surface area contributed by atoms with Crippen LogP contribution in [0.5, 0.6) is 0 Å². The molecule has 0 aromatic heterocycles. The van der Waals surface area contributed by atoms with Gasteiger partial charge in [-0.2, -0.15) is 0 Å². The lowest BCUT2D eigenvalue weighted by Gasteiger charge is -2.45. The van der Waals surface area contributed by atoms with E-state index in [4.69, 9.17) is 0 Å². The molecule has 0 heterocycles. The van der Waals surface area contributed by atoms with Crippen LogP contribution in [0.25, 0.3) is 0 Å². The van der Waals surface area contributed by atoms with Crippen molar-refractivity contribution >= 4 is 0 Å². The molecule has 0 aromatic rings. The van der Waals surface area contributed by atoms with Gasteiger partial charge in [-0.15, -0.1) is 0 Å². The van der Waals surface area contributed by atoms with Crippen molar-refractivity contribution in [1.82, 2.24) is 10.2 Å². The summed E-state index contributed by atoms with van der Waals surface area (Å²) in [5.74, 6) is 0. The molecule has 1 saturated carbocycles. The molecule has 2 nitrogen and oxygen atoms in total. The smallest absolute Gasteiger partial charge is 0.0249 e. The van der Waals surface area contributed by atoms with Gasteiger partial charge in [0.25, 0.3) is 0 Å². The SMILES string of the molecule is CCNC1CCCCC1N(C)C(C)C(C)(C)C. The zero-order valence-electron chi connectivity index (χ0n) is 12.7. The monoisotopic (exact) mass is 240 g/mol. The molecule has 0 radical (unpaired) electrons. The summed E-state index contributed by atoms with van der Waals surface area (Å²) >= 11 is 0. The molecule has 0 amide bonds. The molecule has 17 heavy (non-hydrogen) atoms. The predicted molar refractivity (Wildman–Crippen MR) is 76.4 cm³/mol. The van der Waals surface area contributed by atoms with E-state index in [0.29, 0.717) is 17.5 Å². The summed E-state index contributed by atoms with van der Waals surface area (Å²) < 4.78 is 0. The van der Waals surface area contributed by atoms with Gasteiger partial charge >= 0.3 is 0 Å². The largest absolute Gasteiger partial charge is 0.313 e. The first kappa shape index (κ1) is 15.0. The maximum atomic E-state index is 3.68. The number of nitrogens with one attached hydrogen (secondary N) is 1. The zero-order valence-corrected chi connectivity index (χ0v) is 12.7. The Labute approximate surface area is 108 Å². The van der Waals surface area contributed by atoms with E-state index in [1.54, 1.807) is 0 Å². The van der Waals surface area contributed by atoms with Crippen LogP contribution in [0.3, 0.4) is 0 Å². The Morgan fingerprint density at radius 3 is 2.35 bits per heavy atom. The molecular formula is C15H32N2. The standard InChI is InChI=1S/C15H32N2/c1-7-16-13-10-8-9-11-14(13)17(6)12(2)15(3,4)5/h12-14,16H,7-11H2,1-6H3. The maximum absolute atomic E-state index is 3.68. The van der Waals surface area contributed by atoms with Gasteiger partial charge in [0.15, 0.2) is 0 Å². The minimum atomic E-state index is 0.364. The average Bonchev–Trinajstić information content (AvgIpc) is 2.27. The number of hydrogen-bond acceptors (Lipinski definition) is 2. The first-order valence-electron chi connectivity index (χ1n) is 7.33. The molecule has 102 valence electrons. The summed E-state index contributed by atoms with van der Waals surface area (Å²) in [5.41, 5.74) is 0.364. The second-order valence-electron chi connectivity index (χ2n) is 6.72. The van der Waals surface area contributed by atoms with Crippen LogP contribution in [0.1, 0.15) is 60.3 Å². The van der Waals surface area contributed by atoms with Gasteiger partial charge in [-0.1, -0.05) is 40.5 Å². The third kappa shape index (κ3) is 3.96. The molecule has 0 aliphatic heterocycles. The highest BCUT2D eigenvalue weighted by Crippen LogP contribution is 2.29. The second kappa shape index (κ2) is 6.19. The fourth-order valence-electron chi connectivity index (χ4n) is 3.00. The molecule has 0 saturated heterocycles. The van der Waals surface area contributed by atoms with Gasteiger partial charge in [0.05, 0.1) is 0 Å². The Hall–Kier alpha value is -0.0800. The molecule has 1 fully saturated rings. The lowest BCUT2D eigenvalue weighted by Crippen LogP contribution is -2.55. The molecule has 3 atom stereocenters. The highest BCUT2D eigenvalue weighted by molar-refractivity contribution is 4.91. The molecule has 0 aromatic carbocycles. The summed E-state index contributed by atoms with van der Waals surface area (Å²) in [4.78, 5) is 2.62. The summed E-state index contributed by atoms with van der Waals surface area (Å²) in [6.45, 7) is 12.7. The highest BCUT2D eigenvalue weighted by atomic mass is 15.2. The van der Waals surface area contributed by atoms with Crippen LogP contribution in [-0.4, -0.2) is 36.6 Å². The predicted octanol–water partition coefficient (Wildman–Crippen LogP) is 3.27. The topological polar surface area (TPSA) is 15.3 Å². The number of rotatable bonds is 4. The van der Waals surface area contributed by atoms with E-state index in [0.717, 1.165) is 12.6 Å². The van der Waals surface area contributed by atoms with Gasteiger partial charge in [-0.3, -0.25) is 4.90 Å². The van der Waals surface area contributed by atoms with E-state index in [1.807, 2.05) is 0 Å². The van der Waals surface area contributed by atoms with Gasteiger partial charge in [-0.25, -0.2) is 0 Å². The van der Waals surface area contributed by atoms with Crippen LogP contribution in [0.2, 0.25) is 0 Å². The van der Waals surface area contributed by atoms with E-state index < -0.39 is 0 Å². The highest BCUT2D eigenvalue weighted by Gasteiger charge is 2.33. The van der Waals surface area contributed by atoms with Crippen molar-refractivity contribution < 1.29 is 0 Å². The van der Waals surface area contributed by atoms with Gasteiger partial charge in [0.1, 0.15) is 0 Å². The molecule has 1 aliphatic rings. The van der Waals surface area contributed by atoms with Crippen LogP contribution in [0, 0.1) is 5.41 Å². The van der Waals surface area contributed by atoms with Gasteiger partial charge in [-0.05, 0) is 38.8 Å². The third-order valence-corrected chi connectivity index (χ3v) is 4.58. The fraction of sp³-hybridized carbons (Fsp3) is 1.00. The summed E-state index contributed by atoms with van der Waals surface area (Å²) in [6, 6.07) is 2.05. The quantitative estimate of drug-likeness (QED) is 0.811. The van der Waals surface area contributed by atoms with Crippen LogP contribution in [0.15, 0.2) is 0 Å². The maximum Gasteiger partial charge on any atom is 0.0249 e. The summed E-state index contributed by atoms with van der Waals surface area (Å²) in [5, 5.41) is 3.68. The number of likely N-dealkylation sites (N-methyl/N-ethyl adjacent to an activating group) is 2. The Balaban J connectivity index is 2.67. The van der Waals surface area contributed by atoms with Crippen molar-refractivity contribution in [3.8, 4) is 0 Å². The van der Waals surface area contributed by atoms with Crippen molar-refractivity contribution in [2.45, 2.75) is 78.4 Å². The van der Waals surface area contributed by atoms with Crippen LogP contribution in [0.4, 0.5) is 0 Å². The lowest BCUT2D eigenvalue weighted by atomic mass is 9.83. The first-order valence-corrected chi connectivity index (χ1v) is 7.33. The zero-order chi connectivity index (χ0) is 13.1. The minimum Gasteiger partial charge on any atom is -0.313 e. The number of nitrogens with zero attached hydrogens (tertiary/aromatic N) is 1. The third-order valence-electron chi connectivity index (χ3n) is 4.58. The molecule has 0 spiro atoms. The van der Waals surface area contributed by atoms with Crippen LogP contribution < -0.4 is 5.32 Å². The van der Waals surface area contributed by atoms with E-state index in [-0.39, 0.29) is 0 Å². The Morgan fingerprint density at radius 1 is 1.24 bits per heavy atom. The van der Waals surface area contributed by atoms with E-state index >= 15 is 0 Å². The molecule has 1 rings (SSSR count). The van der Waals surface area contributed by atoms with Crippen molar-refractivity contribution in [2.24, 2.45) is 5.41 Å². The number of hydrogen-bond donors (Lipinski definition) is 1. The Morgan fingerprint density at radius 2 is 1.82 bits per heavy atom. The van der Waals surface area contributed by atoms with Gasteiger partial charge in [0.2, 0.25) is 0 Å². The summed E-state index contributed by atoms with van der Waals surface area (Å²) in [6.07, 6.45) is 5.49. The summed E-state index contributed by atoms with van der Waals surface area (Å²) in [7, 11) is 2.32. The molecule has 1 aliphatic carbocycles. The first-order chi connectivity index (χ1) is 7.88. The molecule has 3 unspecified atom stereocenters. The second-order valence-corrected chi connectivity index (χ2v) is 6.72. The van der Waals surface area contributed by atoms with Crippen molar-refractivity contribution in [1.29, 1.82) is 0 Å². The molecular weight excluding hydrogens is 208 g/mol. The van der Waals surface area contributed by atoms with Crippen LogP contribution >= 0.6 is 0 Å². The average molecular weight is 240 g/mol. The van der Waals surface area contributed by atoms with Crippen molar-refractivity contribution in [3.63, 3.8) is 0 Å². The van der Waals surface area contributed by atoms with Crippen LogP contribution in [-0.2, 0) is 0 Å². The molecule has 1 N–H and O–H groups in total. The fourth-order valence-corrected chi connectivity index (χ4v) is 3.00. The van der Waals surface area contributed by atoms with Crippen molar-refractivity contribution in [2.75, 3.05) is 13.6 Å². The Kier molecular flexibility index (Phi) is 5.46. The van der Waals surface area contributed by atoms with Gasteiger partial charge < -0.3 is 5.32 Å².